The van der Waals surface area contributed by atoms with Gasteiger partial charge in [-0.1, -0.05) is 39.7 Å². The number of carbonyl (C=O) groups is 1. The fourth-order valence-corrected chi connectivity index (χ4v) is 2.94. The molecule has 0 saturated heterocycles. The summed E-state index contributed by atoms with van der Waals surface area (Å²) in [6.07, 6.45) is 0. The lowest BCUT2D eigenvalue weighted by atomic mass is 10.2. The second-order valence-corrected chi connectivity index (χ2v) is 6.54. The zero-order chi connectivity index (χ0) is 18.0. The summed E-state index contributed by atoms with van der Waals surface area (Å²) in [7, 11) is 0. The van der Waals surface area contributed by atoms with Crippen LogP contribution in [0.1, 0.15) is 29.1 Å². The molecule has 3 aromatic rings. The number of tetrazole rings is 1. The summed E-state index contributed by atoms with van der Waals surface area (Å²) in [6, 6.07) is 10.9. The van der Waals surface area contributed by atoms with E-state index in [1.807, 2.05) is 24.3 Å². The predicted octanol–water partition coefficient (Wildman–Crippen LogP) is 3.71. The molecule has 0 fully saturated rings. The van der Waals surface area contributed by atoms with Crippen molar-refractivity contribution in [2.24, 2.45) is 0 Å². The minimum Gasteiger partial charge on any atom is -0.342 e. The molecule has 1 amide bonds. The second-order valence-electron chi connectivity index (χ2n) is 5.22. The van der Waals surface area contributed by atoms with E-state index in [0.29, 0.717) is 5.82 Å². The van der Waals surface area contributed by atoms with Gasteiger partial charge in [-0.25, -0.2) is 4.39 Å². The van der Waals surface area contributed by atoms with E-state index < -0.39 is 17.8 Å². The Balaban J connectivity index is 1.87. The normalized spacial score (nSPS) is 12.0. The number of carbonyl (C=O) groups excluding carboxylic acids is 1. The van der Waals surface area contributed by atoms with Gasteiger partial charge >= 0.3 is 0 Å². The Morgan fingerprint density at radius 2 is 2.08 bits per heavy atom. The molecule has 1 atom stereocenters. The number of amides is 1. The molecule has 0 bridgehead atoms. The first-order chi connectivity index (χ1) is 12.0. The standard InChI is InChI=1S/C16H12BrClFN5O/c1-9(20-16(25)14-12(18)6-3-7-13(14)19)15-21-22-23-24(15)11-5-2-4-10(17)8-11/h2-9H,1H3,(H,20,25). The van der Waals surface area contributed by atoms with Gasteiger partial charge in [-0.2, -0.15) is 4.68 Å². The molecule has 6 nitrogen and oxygen atoms in total. The molecule has 1 N–H and O–H groups in total. The molecule has 1 unspecified atom stereocenters. The highest BCUT2D eigenvalue weighted by molar-refractivity contribution is 9.10. The molecule has 0 radical (unpaired) electrons. The quantitative estimate of drug-likeness (QED) is 0.693. The van der Waals surface area contributed by atoms with Crippen LogP contribution in [0.25, 0.3) is 5.69 Å². The summed E-state index contributed by atoms with van der Waals surface area (Å²) in [6.45, 7) is 1.70. The van der Waals surface area contributed by atoms with Crippen molar-refractivity contribution in [3.63, 3.8) is 0 Å². The van der Waals surface area contributed by atoms with Crippen LogP contribution < -0.4 is 5.32 Å². The van der Waals surface area contributed by atoms with Crippen molar-refractivity contribution in [3.8, 4) is 5.69 Å². The number of aromatic nitrogens is 4. The van der Waals surface area contributed by atoms with Crippen molar-refractivity contribution in [2.75, 3.05) is 0 Å². The van der Waals surface area contributed by atoms with Gasteiger partial charge in [-0.15, -0.1) is 5.10 Å². The van der Waals surface area contributed by atoms with E-state index in [-0.39, 0.29) is 10.6 Å². The molecule has 0 aliphatic rings. The molecular weight excluding hydrogens is 413 g/mol. The van der Waals surface area contributed by atoms with E-state index in [1.165, 1.54) is 22.9 Å². The van der Waals surface area contributed by atoms with Gasteiger partial charge in [0, 0.05) is 4.47 Å². The summed E-state index contributed by atoms with van der Waals surface area (Å²) in [5.41, 5.74) is 0.511. The Morgan fingerprint density at radius 3 is 2.80 bits per heavy atom. The number of nitrogens with zero attached hydrogens (tertiary/aromatic N) is 4. The van der Waals surface area contributed by atoms with Gasteiger partial charge < -0.3 is 5.32 Å². The third kappa shape index (κ3) is 3.69. The SMILES string of the molecule is CC(NC(=O)c1c(F)cccc1Cl)c1nnnn1-c1cccc(Br)c1. The van der Waals surface area contributed by atoms with Gasteiger partial charge in [0.1, 0.15) is 5.82 Å². The average Bonchev–Trinajstić information content (AvgIpc) is 3.04. The molecule has 2 aromatic carbocycles. The monoisotopic (exact) mass is 423 g/mol. The van der Waals surface area contributed by atoms with Crippen LogP contribution >= 0.6 is 27.5 Å². The first-order valence-electron chi connectivity index (χ1n) is 7.26. The Morgan fingerprint density at radius 1 is 1.32 bits per heavy atom. The number of rotatable bonds is 4. The van der Waals surface area contributed by atoms with Gasteiger partial charge in [-0.3, -0.25) is 4.79 Å². The van der Waals surface area contributed by atoms with E-state index in [0.717, 1.165) is 10.2 Å². The van der Waals surface area contributed by atoms with Crippen LogP contribution in [0.5, 0.6) is 0 Å². The maximum Gasteiger partial charge on any atom is 0.256 e. The Hall–Kier alpha value is -2.32. The van der Waals surface area contributed by atoms with E-state index in [4.69, 9.17) is 11.6 Å². The van der Waals surface area contributed by atoms with Crippen LogP contribution in [0.2, 0.25) is 5.02 Å². The predicted molar refractivity (Wildman–Crippen MR) is 94.1 cm³/mol. The van der Waals surface area contributed by atoms with E-state index >= 15 is 0 Å². The van der Waals surface area contributed by atoms with Crippen molar-refractivity contribution in [3.05, 3.63) is 69.2 Å². The molecule has 0 aliphatic heterocycles. The summed E-state index contributed by atoms with van der Waals surface area (Å²) in [5.74, 6) is -0.929. The fourth-order valence-electron chi connectivity index (χ4n) is 2.30. The summed E-state index contributed by atoms with van der Waals surface area (Å²) >= 11 is 9.31. The Kier molecular flexibility index (Phi) is 5.10. The van der Waals surface area contributed by atoms with Crippen LogP contribution in [0.4, 0.5) is 4.39 Å². The number of hydrogen-bond acceptors (Lipinski definition) is 4. The van der Waals surface area contributed by atoms with Gasteiger partial charge in [-0.05, 0) is 47.7 Å². The Labute approximate surface area is 156 Å². The van der Waals surface area contributed by atoms with E-state index in [2.05, 4.69) is 36.8 Å². The highest BCUT2D eigenvalue weighted by atomic mass is 79.9. The van der Waals surface area contributed by atoms with Crippen LogP contribution in [0.3, 0.4) is 0 Å². The zero-order valence-electron chi connectivity index (χ0n) is 12.9. The zero-order valence-corrected chi connectivity index (χ0v) is 15.3. The maximum absolute atomic E-state index is 13.9. The van der Waals surface area contributed by atoms with Crippen LogP contribution in [0, 0.1) is 5.82 Å². The third-order valence-electron chi connectivity index (χ3n) is 3.47. The maximum atomic E-state index is 13.9. The molecule has 3 rings (SSSR count). The molecule has 1 aromatic heterocycles. The number of benzene rings is 2. The molecule has 0 saturated carbocycles. The fraction of sp³-hybridized carbons (Fsp3) is 0.125. The number of halogens is 3. The molecular formula is C16H12BrClFN5O. The minimum absolute atomic E-state index is 0.0382. The molecule has 1 heterocycles. The van der Waals surface area contributed by atoms with Crippen molar-refractivity contribution in [2.45, 2.75) is 13.0 Å². The van der Waals surface area contributed by atoms with E-state index in [9.17, 15) is 9.18 Å². The van der Waals surface area contributed by atoms with Gasteiger partial charge in [0.25, 0.3) is 5.91 Å². The molecule has 9 heteroatoms. The number of hydrogen-bond donors (Lipinski definition) is 1. The summed E-state index contributed by atoms with van der Waals surface area (Å²) < 4.78 is 16.2. The molecule has 128 valence electrons. The summed E-state index contributed by atoms with van der Waals surface area (Å²) in [5, 5.41) is 14.3. The highest BCUT2D eigenvalue weighted by Gasteiger charge is 2.22. The largest absolute Gasteiger partial charge is 0.342 e. The van der Waals surface area contributed by atoms with Crippen molar-refractivity contribution in [1.82, 2.24) is 25.5 Å². The smallest absolute Gasteiger partial charge is 0.256 e. The topological polar surface area (TPSA) is 72.7 Å². The van der Waals surface area contributed by atoms with Crippen molar-refractivity contribution in [1.29, 1.82) is 0 Å². The highest BCUT2D eigenvalue weighted by Crippen LogP contribution is 2.21. The third-order valence-corrected chi connectivity index (χ3v) is 4.28. The minimum atomic E-state index is -0.691. The lowest BCUT2D eigenvalue weighted by molar-refractivity contribution is 0.0934. The first-order valence-corrected chi connectivity index (χ1v) is 8.43. The van der Waals surface area contributed by atoms with Gasteiger partial charge in [0.15, 0.2) is 5.82 Å². The Bertz CT molecular complexity index is 912. The lowest BCUT2D eigenvalue weighted by Crippen LogP contribution is -2.29. The van der Waals surface area contributed by atoms with Crippen molar-refractivity contribution >= 4 is 33.4 Å². The second kappa shape index (κ2) is 7.28. The van der Waals surface area contributed by atoms with Crippen LogP contribution in [-0.2, 0) is 0 Å². The summed E-state index contributed by atoms with van der Waals surface area (Å²) in [4.78, 5) is 12.4. The van der Waals surface area contributed by atoms with Crippen LogP contribution in [-0.4, -0.2) is 26.1 Å². The first kappa shape index (κ1) is 17.5. The lowest BCUT2D eigenvalue weighted by Gasteiger charge is -2.14. The van der Waals surface area contributed by atoms with Crippen LogP contribution in [0.15, 0.2) is 46.9 Å². The van der Waals surface area contributed by atoms with E-state index in [1.54, 1.807) is 6.92 Å². The number of nitrogens with one attached hydrogen (secondary N) is 1. The van der Waals surface area contributed by atoms with Gasteiger partial charge in [0.2, 0.25) is 0 Å². The van der Waals surface area contributed by atoms with Gasteiger partial charge in [0.05, 0.1) is 22.3 Å². The molecule has 0 spiro atoms. The molecule has 0 aliphatic carbocycles. The van der Waals surface area contributed by atoms with Crippen molar-refractivity contribution < 1.29 is 9.18 Å². The molecule has 25 heavy (non-hydrogen) atoms. The average molecular weight is 425 g/mol.